The second kappa shape index (κ2) is 3.32. The molecule has 1 aromatic heterocycles. The molecule has 0 atom stereocenters. The molecule has 0 aliphatic rings. The molecule has 0 fully saturated rings. The summed E-state index contributed by atoms with van der Waals surface area (Å²) >= 11 is 0. The quantitative estimate of drug-likeness (QED) is 0.352. The molecule has 0 saturated heterocycles. The molecule has 0 aliphatic carbocycles. The molecule has 1 aromatic rings. The van der Waals surface area contributed by atoms with E-state index in [1.54, 1.807) is 0 Å². The van der Waals surface area contributed by atoms with Crippen LogP contribution in [0.4, 0.5) is 17.8 Å². The van der Waals surface area contributed by atoms with Crippen molar-refractivity contribution in [3.63, 3.8) is 0 Å². The van der Waals surface area contributed by atoms with Gasteiger partial charge in [0.05, 0.1) is 0 Å². The topological polar surface area (TPSA) is 152 Å². The van der Waals surface area contributed by atoms with Crippen molar-refractivity contribution in [2.75, 3.05) is 16.2 Å². The number of nitrogens with zero attached hydrogens (tertiary/aromatic N) is 5. The monoisotopic (exact) mass is 190 g/mol. The Balaban J connectivity index is 3.11. The fraction of sp³-hybridized carbons (Fsp3) is 0. The molecular formula is C3H6N6O4. The van der Waals surface area contributed by atoms with Crippen molar-refractivity contribution < 1.29 is 20.8 Å². The summed E-state index contributed by atoms with van der Waals surface area (Å²) in [6.07, 6.45) is 0. The Morgan fingerprint density at radius 3 is 1.54 bits per heavy atom. The van der Waals surface area contributed by atoms with E-state index < -0.39 is 28.3 Å². The van der Waals surface area contributed by atoms with Crippen molar-refractivity contribution in [3.8, 4) is 0 Å². The van der Waals surface area contributed by atoms with E-state index in [2.05, 4.69) is 15.0 Å². The summed E-state index contributed by atoms with van der Waals surface area (Å²) in [6.45, 7) is 0. The molecule has 1 heterocycles. The van der Waals surface area contributed by atoms with Crippen LogP contribution in [0.25, 0.3) is 0 Å². The van der Waals surface area contributed by atoms with E-state index in [0.29, 0.717) is 0 Å². The first-order chi connectivity index (χ1) is 6.00. The van der Waals surface area contributed by atoms with Gasteiger partial charge >= 0.3 is 0 Å². The van der Waals surface area contributed by atoms with Crippen molar-refractivity contribution in [1.29, 1.82) is 0 Å². The van der Waals surface area contributed by atoms with Crippen LogP contribution in [0.2, 0.25) is 0 Å². The van der Waals surface area contributed by atoms with E-state index in [0.717, 1.165) is 0 Å². The molecule has 10 nitrogen and oxygen atoms in total. The minimum Gasteiger partial charge on any atom is -0.368 e. The molecule has 6 N–H and O–H groups in total. The van der Waals surface area contributed by atoms with Gasteiger partial charge in [-0.25, -0.2) is 0 Å². The maximum absolute atomic E-state index is 8.45. The normalized spacial score (nSPS) is 9.85. The Hall–Kier alpha value is -1.75. The standard InChI is InChI=1S/C3H6N6O4/c4-1-5-2(8(10)11)7-3(6-1)9(12)13/h10-13H,(H2,4,5,6,7). The van der Waals surface area contributed by atoms with Crippen LogP contribution in [0.15, 0.2) is 0 Å². The van der Waals surface area contributed by atoms with Gasteiger partial charge in [0.1, 0.15) is 0 Å². The fourth-order valence-electron chi connectivity index (χ4n) is 0.548. The van der Waals surface area contributed by atoms with E-state index in [9.17, 15) is 0 Å². The van der Waals surface area contributed by atoms with Gasteiger partial charge in [0.25, 0.3) is 11.9 Å². The van der Waals surface area contributed by atoms with Gasteiger partial charge in [0, 0.05) is 0 Å². The number of aromatic nitrogens is 3. The van der Waals surface area contributed by atoms with Crippen LogP contribution in [0.1, 0.15) is 0 Å². The summed E-state index contributed by atoms with van der Waals surface area (Å²) in [5, 5.41) is 32.9. The van der Waals surface area contributed by atoms with Gasteiger partial charge in [0.15, 0.2) is 0 Å². The average molecular weight is 190 g/mol. The highest BCUT2D eigenvalue weighted by atomic mass is 16.8. The molecule has 10 heteroatoms. The molecule has 0 amide bonds. The molecule has 13 heavy (non-hydrogen) atoms. The first-order valence-electron chi connectivity index (χ1n) is 2.88. The summed E-state index contributed by atoms with van der Waals surface area (Å²) in [7, 11) is 0. The largest absolute Gasteiger partial charge is 0.368 e. The lowest BCUT2D eigenvalue weighted by molar-refractivity contribution is 0.0180. The predicted molar refractivity (Wildman–Crippen MR) is 36.3 cm³/mol. The minimum atomic E-state index is -0.643. The summed E-state index contributed by atoms with van der Waals surface area (Å²) in [5.74, 6) is -1.69. The Labute approximate surface area is 70.9 Å². The third-order valence-electron chi connectivity index (χ3n) is 0.987. The third-order valence-corrected chi connectivity index (χ3v) is 0.987. The third kappa shape index (κ3) is 2.09. The van der Waals surface area contributed by atoms with Gasteiger partial charge in [-0.2, -0.15) is 15.0 Å². The van der Waals surface area contributed by atoms with Crippen LogP contribution in [0.5, 0.6) is 0 Å². The highest BCUT2D eigenvalue weighted by Crippen LogP contribution is 2.09. The molecule has 0 bridgehead atoms. The summed E-state index contributed by atoms with van der Waals surface area (Å²) in [4.78, 5) is 9.68. The first-order valence-corrected chi connectivity index (χ1v) is 2.88. The molecule has 0 aromatic carbocycles. The van der Waals surface area contributed by atoms with Crippen LogP contribution in [-0.2, 0) is 0 Å². The average Bonchev–Trinajstić information content (AvgIpc) is 2.03. The number of rotatable bonds is 2. The van der Waals surface area contributed by atoms with Gasteiger partial charge in [-0.05, 0) is 0 Å². The number of nitrogens with two attached hydrogens (primary N) is 1. The predicted octanol–water partition coefficient (Wildman–Crippen LogP) is -1.38. The van der Waals surface area contributed by atoms with E-state index in [-0.39, 0.29) is 0 Å². The van der Waals surface area contributed by atoms with E-state index >= 15 is 0 Å². The Kier molecular flexibility index (Phi) is 2.39. The van der Waals surface area contributed by atoms with Crippen LogP contribution in [0, 0.1) is 0 Å². The van der Waals surface area contributed by atoms with Gasteiger partial charge in [-0.1, -0.05) is 10.5 Å². The van der Waals surface area contributed by atoms with Crippen molar-refractivity contribution in [2.24, 2.45) is 0 Å². The smallest absolute Gasteiger partial charge is 0.284 e. The van der Waals surface area contributed by atoms with Gasteiger partial charge in [-0.3, -0.25) is 20.8 Å². The van der Waals surface area contributed by atoms with Crippen LogP contribution in [0.3, 0.4) is 0 Å². The Bertz CT molecular complexity index is 276. The van der Waals surface area contributed by atoms with Crippen LogP contribution in [-0.4, -0.2) is 35.8 Å². The molecule has 1 rings (SSSR count). The molecule has 0 radical (unpaired) electrons. The summed E-state index contributed by atoms with van der Waals surface area (Å²) in [5.41, 5.74) is 5.08. The maximum atomic E-state index is 8.45. The molecule has 72 valence electrons. The number of hydrogen-bond donors (Lipinski definition) is 5. The fourth-order valence-corrected chi connectivity index (χ4v) is 0.548. The minimum absolute atomic E-state index is 0.402. The maximum Gasteiger partial charge on any atom is 0.284 e. The van der Waals surface area contributed by atoms with Crippen molar-refractivity contribution in [2.45, 2.75) is 0 Å². The second-order valence-electron chi connectivity index (χ2n) is 1.87. The zero-order valence-corrected chi connectivity index (χ0v) is 6.10. The number of hydrogen-bond acceptors (Lipinski definition) is 10. The van der Waals surface area contributed by atoms with Gasteiger partial charge < -0.3 is 5.73 Å². The molecule has 0 saturated carbocycles. The Morgan fingerprint density at radius 1 is 0.846 bits per heavy atom. The highest BCUT2D eigenvalue weighted by molar-refractivity contribution is 5.37. The van der Waals surface area contributed by atoms with Crippen LogP contribution >= 0.6 is 0 Å². The zero-order chi connectivity index (χ0) is 10.0. The lowest BCUT2D eigenvalue weighted by Crippen LogP contribution is -2.21. The van der Waals surface area contributed by atoms with E-state index in [1.165, 1.54) is 0 Å². The molecule has 0 unspecified atom stereocenters. The van der Waals surface area contributed by atoms with Crippen LogP contribution < -0.4 is 16.2 Å². The lowest BCUT2D eigenvalue weighted by atomic mass is 10.8. The molecule has 0 spiro atoms. The van der Waals surface area contributed by atoms with E-state index in [1.807, 2.05) is 0 Å². The lowest BCUT2D eigenvalue weighted by Gasteiger charge is -2.09. The van der Waals surface area contributed by atoms with Gasteiger partial charge in [0.2, 0.25) is 5.95 Å². The Morgan fingerprint density at radius 2 is 1.23 bits per heavy atom. The number of nitrogen functional groups attached to an aromatic ring is 1. The summed E-state index contributed by atoms with van der Waals surface area (Å²) < 4.78 is 0. The van der Waals surface area contributed by atoms with Crippen molar-refractivity contribution >= 4 is 17.8 Å². The first kappa shape index (κ1) is 9.34. The SMILES string of the molecule is Nc1nc(N(O)O)nc(N(O)O)n1. The van der Waals surface area contributed by atoms with E-state index in [4.69, 9.17) is 26.6 Å². The van der Waals surface area contributed by atoms with Crippen molar-refractivity contribution in [3.05, 3.63) is 0 Å². The molecule has 0 aliphatic heterocycles. The summed E-state index contributed by atoms with van der Waals surface area (Å²) in [6, 6.07) is 0. The highest BCUT2D eigenvalue weighted by Gasteiger charge is 2.11. The number of anilines is 3. The zero-order valence-electron chi connectivity index (χ0n) is 6.10. The van der Waals surface area contributed by atoms with Crippen molar-refractivity contribution in [1.82, 2.24) is 15.0 Å². The second-order valence-corrected chi connectivity index (χ2v) is 1.87. The van der Waals surface area contributed by atoms with Gasteiger partial charge in [-0.15, -0.1) is 0 Å². The molecular weight excluding hydrogens is 184 g/mol.